The number of tetrazole rings is 1. The molecule has 164 valence electrons. The van der Waals surface area contributed by atoms with Crippen molar-refractivity contribution in [3.63, 3.8) is 0 Å². The van der Waals surface area contributed by atoms with Crippen LogP contribution in [0.25, 0.3) is 5.69 Å². The van der Waals surface area contributed by atoms with E-state index in [2.05, 4.69) is 20.8 Å². The zero-order valence-electron chi connectivity index (χ0n) is 17.6. The third kappa shape index (κ3) is 5.27. The SMILES string of the molecule is CCOc1cc(C(=O)NCc2nnnn2-c2cccc(F)c2)cc(OCC)c1OCC. The lowest BCUT2D eigenvalue weighted by Gasteiger charge is -2.17. The third-order valence-electron chi connectivity index (χ3n) is 4.17. The lowest BCUT2D eigenvalue weighted by Crippen LogP contribution is -2.25. The first kappa shape index (κ1) is 22.0. The van der Waals surface area contributed by atoms with Gasteiger partial charge in [0, 0.05) is 5.56 Å². The van der Waals surface area contributed by atoms with Gasteiger partial charge in [0.1, 0.15) is 5.82 Å². The number of carbonyl (C=O) groups excluding carboxylic acids is 1. The van der Waals surface area contributed by atoms with Crippen molar-refractivity contribution in [1.82, 2.24) is 25.5 Å². The lowest BCUT2D eigenvalue weighted by molar-refractivity contribution is 0.0948. The Labute approximate surface area is 179 Å². The van der Waals surface area contributed by atoms with Gasteiger partial charge >= 0.3 is 0 Å². The quantitative estimate of drug-likeness (QED) is 0.529. The first-order valence-electron chi connectivity index (χ1n) is 9.95. The molecule has 0 aliphatic heterocycles. The average molecular weight is 429 g/mol. The molecule has 0 spiro atoms. The molecule has 0 radical (unpaired) electrons. The van der Waals surface area contributed by atoms with E-state index in [1.807, 2.05) is 20.8 Å². The van der Waals surface area contributed by atoms with Crippen LogP contribution in [0.4, 0.5) is 4.39 Å². The number of rotatable bonds is 10. The van der Waals surface area contributed by atoms with Crippen molar-refractivity contribution in [3.05, 3.63) is 53.6 Å². The topological polar surface area (TPSA) is 100 Å². The van der Waals surface area contributed by atoms with Gasteiger partial charge in [-0.2, -0.15) is 4.68 Å². The van der Waals surface area contributed by atoms with Gasteiger partial charge in [0.05, 0.1) is 32.1 Å². The summed E-state index contributed by atoms with van der Waals surface area (Å²) in [5.41, 5.74) is 0.785. The second-order valence-corrected chi connectivity index (χ2v) is 6.27. The predicted octanol–water partition coefficient (Wildman–Crippen LogP) is 2.93. The van der Waals surface area contributed by atoms with Crippen LogP contribution in [-0.2, 0) is 6.54 Å². The standard InChI is InChI=1S/C21H24FN5O4/c1-4-29-17-10-14(11-18(30-5-2)20(17)31-6-3)21(28)23-13-19-24-25-26-27(19)16-9-7-8-15(22)12-16/h7-12H,4-6,13H2,1-3H3,(H,23,28). The molecule has 31 heavy (non-hydrogen) atoms. The number of hydrogen-bond acceptors (Lipinski definition) is 7. The zero-order chi connectivity index (χ0) is 22.2. The van der Waals surface area contributed by atoms with Crippen LogP contribution in [0.5, 0.6) is 17.2 Å². The van der Waals surface area contributed by atoms with Gasteiger partial charge in [0.25, 0.3) is 5.91 Å². The van der Waals surface area contributed by atoms with E-state index in [1.165, 1.54) is 16.8 Å². The number of halogens is 1. The number of nitrogens with zero attached hydrogens (tertiary/aromatic N) is 4. The molecule has 0 atom stereocenters. The van der Waals surface area contributed by atoms with Crippen LogP contribution in [-0.4, -0.2) is 45.9 Å². The van der Waals surface area contributed by atoms with E-state index in [9.17, 15) is 9.18 Å². The van der Waals surface area contributed by atoms with Crippen molar-refractivity contribution in [2.45, 2.75) is 27.3 Å². The Morgan fingerprint density at radius 3 is 2.32 bits per heavy atom. The predicted molar refractivity (Wildman–Crippen MR) is 110 cm³/mol. The van der Waals surface area contributed by atoms with Gasteiger partial charge in [0.15, 0.2) is 17.3 Å². The maximum absolute atomic E-state index is 13.5. The summed E-state index contributed by atoms with van der Waals surface area (Å²) < 4.78 is 31.8. The van der Waals surface area contributed by atoms with E-state index < -0.39 is 5.82 Å². The monoisotopic (exact) mass is 429 g/mol. The van der Waals surface area contributed by atoms with Gasteiger partial charge in [-0.3, -0.25) is 4.79 Å². The summed E-state index contributed by atoms with van der Waals surface area (Å²) in [6.45, 7) is 6.80. The number of hydrogen-bond donors (Lipinski definition) is 1. The van der Waals surface area contributed by atoms with Crippen molar-refractivity contribution in [3.8, 4) is 22.9 Å². The van der Waals surface area contributed by atoms with Crippen LogP contribution >= 0.6 is 0 Å². The fourth-order valence-corrected chi connectivity index (χ4v) is 2.91. The van der Waals surface area contributed by atoms with Gasteiger partial charge in [-0.15, -0.1) is 5.10 Å². The van der Waals surface area contributed by atoms with Crippen LogP contribution in [0.2, 0.25) is 0 Å². The molecule has 2 aromatic carbocycles. The Kier molecular flexibility index (Phi) is 7.36. The second-order valence-electron chi connectivity index (χ2n) is 6.27. The molecular weight excluding hydrogens is 405 g/mol. The molecule has 10 heteroatoms. The Bertz CT molecular complexity index is 1010. The molecule has 9 nitrogen and oxygen atoms in total. The van der Waals surface area contributed by atoms with Crippen molar-refractivity contribution < 1.29 is 23.4 Å². The van der Waals surface area contributed by atoms with Crippen LogP contribution in [0.15, 0.2) is 36.4 Å². The highest BCUT2D eigenvalue weighted by atomic mass is 19.1. The van der Waals surface area contributed by atoms with Crippen molar-refractivity contribution in [1.29, 1.82) is 0 Å². The molecule has 3 aromatic rings. The first-order valence-corrected chi connectivity index (χ1v) is 9.95. The zero-order valence-corrected chi connectivity index (χ0v) is 17.6. The Balaban J connectivity index is 1.82. The summed E-state index contributed by atoms with van der Waals surface area (Å²) in [4.78, 5) is 12.8. The molecule has 1 aromatic heterocycles. The fourth-order valence-electron chi connectivity index (χ4n) is 2.91. The highest BCUT2D eigenvalue weighted by Gasteiger charge is 2.19. The van der Waals surface area contributed by atoms with Gasteiger partial charge in [0.2, 0.25) is 5.75 Å². The summed E-state index contributed by atoms with van der Waals surface area (Å²) >= 11 is 0. The summed E-state index contributed by atoms with van der Waals surface area (Å²) in [5.74, 6) is 0.857. The van der Waals surface area contributed by atoms with E-state index in [4.69, 9.17) is 14.2 Å². The molecule has 0 saturated heterocycles. The van der Waals surface area contributed by atoms with Crippen LogP contribution < -0.4 is 19.5 Å². The minimum absolute atomic E-state index is 0.0312. The van der Waals surface area contributed by atoms with Crippen molar-refractivity contribution in [2.75, 3.05) is 19.8 Å². The molecule has 0 saturated carbocycles. The Morgan fingerprint density at radius 2 is 1.71 bits per heavy atom. The summed E-state index contributed by atoms with van der Waals surface area (Å²) in [5, 5.41) is 14.2. The number of amides is 1. The van der Waals surface area contributed by atoms with Crippen molar-refractivity contribution in [2.24, 2.45) is 0 Å². The highest BCUT2D eigenvalue weighted by Crippen LogP contribution is 2.39. The molecular formula is C21H24FN5O4. The summed E-state index contributed by atoms with van der Waals surface area (Å²) in [7, 11) is 0. The first-order chi connectivity index (χ1) is 15.1. The van der Waals surface area contributed by atoms with E-state index in [-0.39, 0.29) is 12.5 Å². The molecule has 1 N–H and O–H groups in total. The van der Waals surface area contributed by atoms with Crippen molar-refractivity contribution >= 4 is 5.91 Å². The van der Waals surface area contributed by atoms with E-state index in [0.717, 1.165) is 0 Å². The molecule has 3 rings (SSSR count). The average Bonchev–Trinajstić information content (AvgIpc) is 3.23. The van der Waals surface area contributed by atoms with Crippen LogP contribution in [0, 0.1) is 5.82 Å². The molecule has 0 bridgehead atoms. The Morgan fingerprint density at radius 1 is 1.03 bits per heavy atom. The van der Waals surface area contributed by atoms with E-state index in [0.29, 0.717) is 54.1 Å². The number of benzene rings is 2. The maximum atomic E-state index is 13.5. The van der Waals surface area contributed by atoms with Gasteiger partial charge in [-0.25, -0.2) is 4.39 Å². The number of aromatic nitrogens is 4. The van der Waals surface area contributed by atoms with Crippen LogP contribution in [0.1, 0.15) is 37.0 Å². The molecule has 0 unspecified atom stereocenters. The lowest BCUT2D eigenvalue weighted by atomic mass is 10.1. The minimum atomic E-state index is -0.413. The maximum Gasteiger partial charge on any atom is 0.251 e. The Hall–Kier alpha value is -3.69. The largest absolute Gasteiger partial charge is 0.490 e. The minimum Gasteiger partial charge on any atom is -0.490 e. The summed E-state index contributed by atoms with van der Waals surface area (Å²) in [6.07, 6.45) is 0. The third-order valence-corrected chi connectivity index (χ3v) is 4.17. The normalized spacial score (nSPS) is 10.6. The molecule has 0 aliphatic carbocycles. The molecule has 1 amide bonds. The van der Waals surface area contributed by atoms with Gasteiger partial charge in [-0.1, -0.05) is 6.07 Å². The van der Waals surface area contributed by atoms with Crippen LogP contribution in [0.3, 0.4) is 0 Å². The number of ether oxygens (including phenoxy) is 3. The summed E-state index contributed by atoms with van der Waals surface area (Å²) in [6, 6.07) is 9.05. The van der Waals surface area contributed by atoms with E-state index >= 15 is 0 Å². The van der Waals surface area contributed by atoms with Gasteiger partial charge < -0.3 is 19.5 Å². The smallest absolute Gasteiger partial charge is 0.251 e. The molecule has 0 fully saturated rings. The number of carbonyl (C=O) groups is 1. The number of nitrogens with one attached hydrogen (secondary N) is 1. The molecule has 0 aliphatic rings. The van der Waals surface area contributed by atoms with Gasteiger partial charge in [-0.05, 0) is 61.5 Å². The molecule has 1 heterocycles. The highest BCUT2D eigenvalue weighted by molar-refractivity contribution is 5.95. The fraction of sp³-hybridized carbons (Fsp3) is 0.333. The second kappa shape index (κ2) is 10.4. The van der Waals surface area contributed by atoms with E-state index in [1.54, 1.807) is 24.3 Å².